The number of aromatic nitrogens is 4. The van der Waals surface area contributed by atoms with Gasteiger partial charge in [0.25, 0.3) is 0 Å². The Labute approximate surface area is 389 Å². The van der Waals surface area contributed by atoms with Crippen LogP contribution in [0.2, 0.25) is 0 Å². The maximum atomic E-state index is 5.26. The van der Waals surface area contributed by atoms with Crippen LogP contribution in [0.1, 0.15) is 58.0 Å². The number of benzene rings is 7. The lowest BCUT2D eigenvalue weighted by Crippen LogP contribution is -2.14. The molecule has 0 bridgehead atoms. The Bertz CT molecular complexity index is 3330. The van der Waals surface area contributed by atoms with Crippen LogP contribution in [0.25, 0.3) is 94.8 Å². The number of hydrogen-bond donors (Lipinski definition) is 0. The number of fused-ring (bicyclic) bond motifs is 3. The van der Waals surface area contributed by atoms with Gasteiger partial charge in [-0.3, -0.25) is 0 Å². The Balaban J connectivity index is 1.45. The highest BCUT2D eigenvalue weighted by Gasteiger charge is 2.28. The van der Waals surface area contributed by atoms with Crippen molar-refractivity contribution in [3.05, 3.63) is 230 Å². The van der Waals surface area contributed by atoms with Crippen LogP contribution < -0.4 is 0 Å². The molecule has 9 aromatic rings. The summed E-state index contributed by atoms with van der Waals surface area (Å²) in [6.45, 7) is 19.7. The SMILES string of the molecule is C=C/C=C(\C=C)c1cc(-c2nc(C(/C=C\CC)=C/C)nc(-c3ccccc3)n2)cc(-c2ccccc2)c1-n1c2ccc(-c3ccccc3)cc2c2cc(-c3ccccc3)cc(C(C)(C)C)c21. The quantitative estimate of drug-likeness (QED) is 0.115. The first-order valence-electron chi connectivity index (χ1n) is 22.8. The summed E-state index contributed by atoms with van der Waals surface area (Å²) >= 11 is 0. The molecular weight excluding hydrogens is 801 g/mol. The van der Waals surface area contributed by atoms with Crippen LogP contribution in [0.5, 0.6) is 0 Å². The molecule has 66 heavy (non-hydrogen) atoms. The molecule has 2 aromatic heterocycles. The van der Waals surface area contributed by atoms with Gasteiger partial charge in [-0.2, -0.15) is 0 Å². The molecule has 322 valence electrons. The lowest BCUT2D eigenvalue weighted by molar-refractivity contribution is 0.594. The first-order chi connectivity index (χ1) is 32.2. The van der Waals surface area contributed by atoms with E-state index in [0.29, 0.717) is 17.5 Å². The molecule has 0 aliphatic carbocycles. The van der Waals surface area contributed by atoms with Crippen LogP contribution in [0.15, 0.2) is 213 Å². The molecule has 0 aliphatic heterocycles. The lowest BCUT2D eigenvalue weighted by Gasteiger charge is -2.26. The van der Waals surface area contributed by atoms with Crippen molar-refractivity contribution in [2.24, 2.45) is 0 Å². The Kier molecular flexibility index (Phi) is 12.2. The van der Waals surface area contributed by atoms with E-state index in [0.717, 1.165) is 67.7 Å². The highest BCUT2D eigenvalue weighted by Crippen LogP contribution is 2.47. The Morgan fingerprint density at radius 3 is 1.73 bits per heavy atom. The Morgan fingerprint density at radius 2 is 1.15 bits per heavy atom. The van der Waals surface area contributed by atoms with Crippen LogP contribution in [0.3, 0.4) is 0 Å². The molecule has 0 spiro atoms. The summed E-state index contributed by atoms with van der Waals surface area (Å²) in [6.07, 6.45) is 13.0. The number of rotatable bonds is 12. The van der Waals surface area contributed by atoms with Gasteiger partial charge in [0.15, 0.2) is 17.5 Å². The largest absolute Gasteiger partial charge is 0.308 e. The highest BCUT2D eigenvalue weighted by atomic mass is 15.0. The minimum atomic E-state index is -0.242. The average Bonchev–Trinajstić information content (AvgIpc) is 3.69. The fourth-order valence-corrected chi connectivity index (χ4v) is 8.91. The second-order valence-corrected chi connectivity index (χ2v) is 17.5. The summed E-state index contributed by atoms with van der Waals surface area (Å²) in [5.74, 6) is 1.80. The van der Waals surface area contributed by atoms with E-state index in [1.807, 2.05) is 55.5 Å². The van der Waals surface area contributed by atoms with Crippen molar-refractivity contribution in [3.8, 4) is 61.8 Å². The molecule has 0 aliphatic rings. The van der Waals surface area contributed by atoms with Gasteiger partial charge in [0.2, 0.25) is 0 Å². The van der Waals surface area contributed by atoms with E-state index in [1.54, 1.807) is 0 Å². The van der Waals surface area contributed by atoms with Gasteiger partial charge in [-0.1, -0.05) is 205 Å². The number of nitrogens with zero attached hydrogens (tertiary/aromatic N) is 4. The first kappa shape index (κ1) is 43.3. The summed E-state index contributed by atoms with van der Waals surface area (Å²) in [6, 6.07) is 58.4. The third kappa shape index (κ3) is 8.42. The maximum absolute atomic E-state index is 5.26. The summed E-state index contributed by atoms with van der Waals surface area (Å²) in [5, 5.41) is 2.36. The Morgan fingerprint density at radius 1 is 0.576 bits per heavy atom. The van der Waals surface area contributed by atoms with Gasteiger partial charge >= 0.3 is 0 Å². The van der Waals surface area contributed by atoms with Crippen molar-refractivity contribution in [1.29, 1.82) is 0 Å². The predicted molar refractivity (Wildman–Crippen MR) is 281 cm³/mol. The van der Waals surface area contributed by atoms with Crippen LogP contribution in [0, 0.1) is 0 Å². The topological polar surface area (TPSA) is 43.6 Å². The fourth-order valence-electron chi connectivity index (χ4n) is 8.91. The molecule has 0 amide bonds. The van der Waals surface area contributed by atoms with E-state index < -0.39 is 0 Å². The van der Waals surface area contributed by atoms with Gasteiger partial charge in [0.05, 0.1) is 16.7 Å². The number of hydrogen-bond acceptors (Lipinski definition) is 3. The third-order valence-corrected chi connectivity index (χ3v) is 12.2. The van der Waals surface area contributed by atoms with Gasteiger partial charge < -0.3 is 4.57 Å². The molecule has 0 unspecified atom stereocenters. The molecule has 7 aromatic carbocycles. The first-order valence-corrected chi connectivity index (χ1v) is 22.8. The van der Waals surface area contributed by atoms with Crippen molar-refractivity contribution in [2.45, 2.75) is 46.5 Å². The van der Waals surface area contributed by atoms with Crippen LogP contribution in [-0.2, 0) is 5.41 Å². The molecular formula is C62H54N4. The van der Waals surface area contributed by atoms with Gasteiger partial charge in [0, 0.05) is 38.6 Å². The van der Waals surface area contributed by atoms with Crippen LogP contribution in [0.4, 0.5) is 0 Å². The van der Waals surface area contributed by atoms with Gasteiger partial charge in [-0.25, -0.2) is 15.0 Å². The molecule has 9 rings (SSSR count). The van der Waals surface area contributed by atoms with Gasteiger partial charge in [-0.15, -0.1) is 0 Å². The summed E-state index contributed by atoms with van der Waals surface area (Å²) in [7, 11) is 0. The fraction of sp³-hybridized carbons (Fsp3) is 0.113. The molecule has 0 radical (unpaired) electrons. The molecule has 4 heteroatoms. The second kappa shape index (κ2) is 18.6. The maximum Gasteiger partial charge on any atom is 0.164 e. The third-order valence-electron chi connectivity index (χ3n) is 12.2. The summed E-state index contributed by atoms with van der Waals surface area (Å²) in [4.78, 5) is 15.6. The molecule has 0 saturated heterocycles. The van der Waals surface area contributed by atoms with Crippen LogP contribution in [-0.4, -0.2) is 19.5 Å². The van der Waals surface area contributed by atoms with Crippen molar-refractivity contribution in [1.82, 2.24) is 19.5 Å². The van der Waals surface area contributed by atoms with E-state index in [4.69, 9.17) is 15.0 Å². The zero-order valence-electron chi connectivity index (χ0n) is 38.5. The van der Waals surface area contributed by atoms with Crippen molar-refractivity contribution in [2.75, 3.05) is 0 Å². The zero-order valence-corrected chi connectivity index (χ0v) is 38.5. The Hall–Kier alpha value is -7.95. The molecule has 2 heterocycles. The normalized spacial score (nSPS) is 12.3. The van der Waals surface area contributed by atoms with E-state index in [1.165, 1.54) is 33.0 Å². The highest BCUT2D eigenvalue weighted by molar-refractivity contribution is 6.14. The smallest absolute Gasteiger partial charge is 0.164 e. The monoisotopic (exact) mass is 854 g/mol. The standard InChI is InChI=1S/C62H54N4/c1-8-12-26-43(11-4)59-63-60(47-33-23-16-24-34-47)65-61(64-59)50-39-51(42(10-3)25-9-2)57(52(40-50)46-31-21-15-22-32-46)66-56-36-35-48(44-27-17-13-18-28-44)37-53(56)54-38-49(45-29-19-14-20-30-45)41-55(58(54)66)62(5,6)7/h9-41H,2-3,8H2,1,4-7H3/b26-12-,42-25+,43-11+. The lowest BCUT2D eigenvalue weighted by atomic mass is 9.83. The second-order valence-electron chi connectivity index (χ2n) is 17.5. The van der Waals surface area contributed by atoms with Crippen LogP contribution >= 0.6 is 0 Å². The van der Waals surface area contributed by atoms with E-state index >= 15 is 0 Å². The molecule has 0 fully saturated rings. The number of allylic oxidation sites excluding steroid dienone is 8. The predicted octanol–water partition coefficient (Wildman–Crippen LogP) is 16.7. The summed E-state index contributed by atoms with van der Waals surface area (Å²) < 4.78 is 2.51. The van der Waals surface area contributed by atoms with E-state index in [2.05, 4.69) is 197 Å². The zero-order chi connectivity index (χ0) is 45.8. The van der Waals surface area contributed by atoms with E-state index in [9.17, 15) is 0 Å². The van der Waals surface area contributed by atoms with Crippen molar-refractivity contribution < 1.29 is 0 Å². The molecule has 0 N–H and O–H groups in total. The minimum absolute atomic E-state index is 0.242. The summed E-state index contributed by atoms with van der Waals surface area (Å²) in [5.41, 5.74) is 15.7. The average molecular weight is 855 g/mol. The van der Waals surface area contributed by atoms with Crippen molar-refractivity contribution >= 4 is 33.0 Å². The van der Waals surface area contributed by atoms with Crippen molar-refractivity contribution in [3.63, 3.8) is 0 Å². The minimum Gasteiger partial charge on any atom is -0.308 e. The van der Waals surface area contributed by atoms with Gasteiger partial charge in [-0.05, 0) is 94.1 Å². The molecule has 4 nitrogen and oxygen atoms in total. The van der Waals surface area contributed by atoms with E-state index in [-0.39, 0.29) is 5.41 Å². The molecule has 0 atom stereocenters. The molecule has 0 saturated carbocycles. The van der Waals surface area contributed by atoms with Gasteiger partial charge in [0.1, 0.15) is 0 Å².